The number of hydrogen-bond donors (Lipinski definition) is 0. The molecule has 0 bridgehead atoms. The Kier molecular flexibility index (Phi) is 5.90. The zero-order valence-electron chi connectivity index (χ0n) is 18.7. The molecule has 0 spiro atoms. The van der Waals surface area contributed by atoms with Gasteiger partial charge in [0, 0.05) is 25.0 Å². The molecular formula is C24H28N4O4S. The summed E-state index contributed by atoms with van der Waals surface area (Å²) in [5.41, 5.74) is 1.00. The number of urea groups is 1. The van der Waals surface area contributed by atoms with Crippen LogP contribution in [0.15, 0.2) is 24.3 Å². The summed E-state index contributed by atoms with van der Waals surface area (Å²) in [7, 11) is 0. The first-order valence-corrected chi connectivity index (χ1v) is 12.6. The lowest BCUT2D eigenvalue weighted by Crippen LogP contribution is -2.48. The number of carbonyl (C=O) groups is 4. The van der Waals surface area contributed by atoms with Gasteiger partial charge in [0.15, 0.2) is 0 Å². The molecule has 3 fully saturated rings. The van der Waals surface area contributed by atoms with Crippen LogP contribution in [0.4, 0.5) is 4.79 Å². The Morgan fingerprint density at radius 3 is 2.48 bits per heavy atom. The predicted octanol–water partition coefficient (Wildman–Crippen LogP) is 3.37. The van der Waals surface area contributed by atoms with Crippen LogP contribution in [-0.4, -0.2) is 69.1 Å². The van der Waals surface area contributed by atoms with Gasteiger partial charge >= 0.3 is 17.8 Å². The van der Waals surface area contributed by atoms with Gasteiger partial charge < -0.3 is 4.90 Å². The molecule has 1 aliphatic carbocycles. The summed E-state index contributed by atoms with van der Waals surface area (Å²) in [5, 5.41) is 1.09. The van der Waals surface area contributed by atoms with Crippen LogP contribution >= 0.6 is 11.3 Å². The standard InChI is InChI=1S/C24H28N4O4S/c1-15-6-2-4-8-18(15)28-23(31)22(30)27(24(28)32)14-20(29)26-12-10-16(11-13-26)21-25-17-7-3-5-9-19(17)33-21/h3,5,7,9,15-16,18H,2,4,6,8,10-14H2,1H3/t15-,18+/m1/s1. The summed E-state index contributed by atoms with van der Waals surface area (Å²) in [5.74, 6) is -1.50. The second kappa shape index (κ2) is 8.85. The van der Waals surface area contributed by atoms with Crippen LogP contribution in [0.1, 0.15) is 56.4 Å². The van der Waals surface area contributed by atoms with Gasteiger partial charge in [-0.05, 0) is 43.7 Å². The van der Waals surface area contributed by atoms with Gasteiger partial charge in [-0.1, -0.05) is 31.9 Å². The molecule has 2 saturated heterocycles. The van der Waals surface area contributed by atoms with E-state index < -0.39 is 17.8 Å². The van der Waals surface area contributed by atoms with E-state index in [1.807, 2.05) is 25.1 Å². The number of fused-ring (bicyclic) bond motifs is 1. The number of hydrogen-bond acceptors (Lipinski definition) is 6. The largest absolute Gasteiger partial charge is 0.341 e. The Bertz CT molecular complexity index is 1070. The van der Waals surface area contributed by atoms with Crippen LogP contribution in [0.2, 0.25) is 0 Å². The second-order valence-electron chi connectivity index (χ2n) is 9.35. The molecule has 33 heavy (non-hydrogen) atoms. The minimum atomic E-state index is -0.879. The first kappa shape index (κ1) is 22.0. The van der Waals surface area contributed by atoms with Gasteiger partial charge in [-0.25, -0.2) is 14.7 Å². The smallest absolute Gasteiger partial charge is 0.334 e. The Morgan fingerprint density at radius 2 is 1.76 bits per heavy atom. The first-order chi connectivity index (χ1) is 15.9. The number of piperidine rings is 1. The van der Waals surface area contributed by atoms with Crippen LogP contribution in [0, 0.1) is 5.92 Å². The van der Waals surface area contributed by atoms with Crippen molar-refractivity contribution in [2.24, 2.45) is 5.92 Å². The molecule has 1 aromatic heterocycles. The van der Waals surface area contributed by atoms with Gasteiger partial charge in [-0.2, -0.15) is 0 Å². The van der Waals surface area contributed by atoms with E-state index in [4.69, 9.17) is 4.98 Å². The lowest BCUT2D eigenvalue weighted by molar-refractivity contribution is -0.146. The zero-order chi connectivity index (χ0) is 23.1. The van der Waals surface area contributed by atoms with Gasteiger partial charge in [-0.3, -0.25) is 19.3 Å². The highest BCUT2D eigenvalue weighted by molar-refractivity contribution is 7.18. The summed E-state index contributed by atoms with van der Waals surface area (Å²) in [6.45, 7) is 2.74. The Labute approximate surface area is 196 Å². The van der Waals surface area contributed by atoms with Crippen molar-refractivity contribution in [1.29, 1.82) is 0 Å². The molecule has 3 aliphatic rings. The Hall–Kier alpha value is -2.81. The molecule has 0 N–H and O–H groups in total. The maximum Gasteiger partial charge on any atom is 0.334 e. The number of aromatic nitrogens is 1. The quantitative estimate of drug-likeness (QED) is 0.507. The third kappa shape index (κ3) is 4.03. The minimum Gasteiger partial charge on any atom is -0.341 e. The van der Waals surface area contributed by atoms with E-state index in [0.717, 1.165) is 52.4 Å². The molecule has 5 rings (SSSR count). The van der Waals surface area contributed by atoms with Crippen molar-refractivity contribution in [3.63, 3.8) is 0 Å². The number of benzene rings is 1. The van der Waals surface area contributed by atoms with Gasteiger partial charge in [0.25, 0.3) is 0 Å². The molecule has 2 aromatic rings. The van der Waals surface area contributed by atoms with Gasteiger partial charge in [-0.15, -0.1) is 11.3 Å². The van der Waals surface area contributed by atoms with Gasteiger partial charge in [0.2, 0.25) is 5.91 Å². The Balaban J connectivity index is 1.20. The van der Waals surface area contributed by atoms with E-state index in [9.17, 15) is 19.2 Å². The highest BCUT2D eigenvalue weighted by Crippen LogP contribution is 2.34. The lowest BCUT2D eigenvalue weighted by Gasteiger charge is -2.34. The Morgan fingerprint density at radius 1 is 1.03 bits per heavy atom. The molecule has 0 radical (unpaired) electrons. The predicted molar refractivity (Wildman–Crippen MR) is 124 cm³/mol. The number of amides is 5. The molecule has 9 heteroatoms. The molecule has 0 unspecified atom stereocenters. The SMILES string of the molecule is C[C@@H]1CCCC[C@@H]1N1C(=O)C(=O)N(CC(=O)N2CCC(c3nc4ccccc4s3)CC2)C1=O. The summed E-state index contributed by atoms with van der Waals surface area (Å²) < 4.78 is 1.17. The van der Waals surface area contributed by atoms with E-state index in [0.29, 0.717) is 25.4 Å². The molecular weight excluding hydrogens is 440 g/mol. The second-order valence-corrected chi connectivity index (χ2v) is 10.4. The molecule has 3 heterocycles. The van der Waals surface area contributed by atoms with Crippen LogP contribution in [0.25, 0.3) is 10.2 Å². The van der Waals surface area contributed by atoms with Crippen LogP contribution < -0.4 is 0 Å². The fraction of sp³-hybridized carbons (Fsp3) is 0.542. The summed E-state index contributed by atoms with van der Waals surface area (Å²) in [4.78, 5) is 59.4. The number of para-hydroxylation sites is 1. The monoisotopic (exact) mass is 468 g/mol. The molecule has 2 atom stereocenters. The highest BCUT2D eigenvalue weighted by Gasteiger charge is 2.49. The van der Waals surface area contributed by atoms with Crippen molar-refractivity contribution < 1.29 is 19.2 Å². The van der Waals surface area contributed by atoms with E-state index in [2.05, 4.69) is 6.07 Å². The average molecular weight is 469 g/mol. The topological polar surface area (TPSA) is 90.9 Å². The van der Waals surface area contributed by atoms with E-state index in [1.54, 1.807) is 16.2 Å². The molecule has 5 amide bonds. The molecule has 174 valence electrons. The van der Waals surface area contributed by atoms with Crippen molar-refractivity contribution in [3.05, 3.63) is 29.3 Å². The number of nitrogens with zero attached hydrogens (tertiary/aromatic N) is 4. The minimum absolute atomic E-state index is 0.164. The van der Waals surface area contributed by atoms with Crippen LogP contribution in [0.5, 0.6) is 0 Å². The van der Waals surface area contributed by atoms with Crippen molar-refractivity contribution in [3.8, 4) is 0 Å². The number of imide groups is 2. The van der Waals surface area contributed by atoms with E-state index in [1.165, 1.54) is 4.70 Å². The number of rotatable bonds is 4. The van der Waals surface area contributed by atoms with Crippen molar-refractivity contribution in [1.82, 2.24) is 19.7 Å². The number of carbonyl (C=O) groups excluding carboxylic acids is 4. The van der Waals surface area contributed by atoms with Crippen molar-refractivity contribution in [2.75, 3.05) is 19.6 Å². The van der Waals surface area contributed by atoms with Crippen LogP contribution in [0.3, 0.4) is 0 Å². The van der Waals surface area contributed by atoms with Crippen molar-refractivity contribution >= 4 is 45.3 Å². The highest BCUT2D eigenvalue weighted by atomic mass is 32.1. The van der Waals surface area contributed by atoms with E-state index in [-0.39, 0.29) is 24.4 Å². The fourth-order valence-corrected chi connectivity index (χ4v) is 6.45. The molecule has 1 saturated carbocycles. The van der Waals surface area contributed by atoms with Gasteiger partial charge in [0.1, 0.15) is 6.54 Å². The maximum absolute atomic E-state index is 12.9. The normalized spacial score (nSPS) is 24.9. The summed E-state index contributed by atoms with van der Waals surface area (Å²) in [6.07, 6.45) is 5.22. The van der Waals surface area contributed by atoms with Crippen molar-refractivity contribution in [2.45, 2.75) is 57.4 Å². The first-order valence-electron chi connectivity index (χ1n) is 11.8. The maximum atomic E-state index is 12.9. The van der Waals surface area contributed by atoms with Crippen LogP contribution in [-0.2, 0) is 14.4 Å². The molecule has 8 nitrogen and oxygen atoms in total. The molecule has 1 aromatic carbocycles. The third-order valence-corrected chi connectivity index (χ3v) is 8.48. The fourth-order valence-electron chi connectivity index (χ4n) is 5.31. The average Bonchev–Trinajstić information content (AvgIpc) is 3.35. The number of thiazole rings is 1. The van der Waals surface area contributed by atoms with E-state index >= 15 is 0 Å². The third-order valence-electron chi connectivity index (χ3n) is 7.28. The summed E-state index contributed by atoms with van der Waals surface area (Å²) in [6, 6.07) is 7.17. The molecule has 2 aliphatic heterocycles. The lowest BCUT2D eigenvalue weighted by atomic mass is 9.85. The zero-order valence-corrected chi connectivity index (χ0v) is 19.6. The number of likely N-dealkylation sites (tertiary alicyclic amines) is 1. The summed E-state index contributed by atoms with van der Waals surface area (Å²) >= 11 is 1.70. The van der Waals surface area contributed by atoms with Gasteiger partial charge in [0.05, 0.1) is 15.2 Å².